The number of benzene rings is 3. The van der Waals surface area contributed by atoms with Crippen LogP contribution in [-0.4, -0.2) is 45.3 Å². The zero-order chi connectivity index (χ0) is 30.6. The summed E-state index contributed by atoms with van der Waals surface area (Å²) in [6.45, 7) is 0.713. The maximum Gasteiger partial charge on any atom is 0.247 e. The van der Waals surface area contributed by atoms with Crippen LogP contribution in [0.5, 0.6) is 0 Å². The second kappa shape index (κ2) is 13.1. The van der Waals surface area contributed by atoms with Gasteiger partial charge in [0, 0.05) is 17.3 Å². The molecule has 2 fully saturated rings. The third-order valence-corrected chi connectivity index (χ3v) is 8.98. The van der Waals surface area contributed by atoms with Crippen molar-refractivity contribution in [2.24, 2.45) is 4.99 Å². The van der Waals surface area contributed by atoms with Crippen LogP contribution in [0.3, 0.4) is 0 Å². The predicted octanol–water partition coefficient (Wildman–Crippen LogP) is 6.75. The minimum atomic E-state index is -0.585. The number of amides is 3. The maximum atomic E-state index is 13.8. The maximum absolute atomic E-state index is 13.8. The third-order valence-electron chi connectivity index (χ3n) is 7.50. The van der Waals surface area contributed by atoms with Gasteiger partial charge >= 0.3 is 0 Å². The Labute approximate surface area is 262 Å². The second-order valence-corrected chi connectivity index (χ2v) is 12.0. The Morgan fingerprint density at radius 1 is 1.05 bits per heavy atom. The average molecular weight is 631 g/mol. The first-order chi connectivity index (χ1) is 21.3. The molecule has 4 aromatic rings. The fraction of sp³-hybridized carbons (Fsp3) is 0.212. The van der Waals surface area contributed by atoms with Crippen molar-refractivity contribution in [1.29, 1.82) is 0 Å². The summed E-state index contributed by atoms with van der Waals surface area (Å²) in [5, 5.41) is 3.38. The first-order valence-corrected chi connectivity index (χ1v) is 15.4. The molecule has 11 heteroatoms. The molecule has 2 aliphatic rings. The van der Waals surface area contributed by atoms with Gasteiger partial charge in [-0.25, -0.2) is 9.38 Å². The molecule has 2 saturated heterocycles. The molecule has 6 rings (SSSR count). The van der Waals surface area contributed by atoms with Gasteiger partial charge in [-0.15, -0.1) is 0 Å². The lowest BCUT2D eigenvalue weighted by Gasteiger charge is -2.24. The van der Waals surface area contributed by atoms with Crippen LogP contribution in [0.25, 0.3) is 0 Å². The second-order valence-electron chi connectivity index (χ2n) is 10.5. The number of carbonyl (C=O) groups is 3. The summed E-state index contributed by atoms with van der Waals surface area (Å²) in [6.07, 6.45) is 3.07. The molecule has 0 saturated carbocycles. The molecule has 2 atom stereocenters. The first kappa shape index (κ1) is 29.7. The van der Waals surface area contributed by atoms with Crippen LogP contribution in [0.1, 0.15) is 35.0 Å². The molecule has 0 radical (unpaired) electrons. The van der Waals surface area contributed by atoms with Crippen LogP contribution in [0, 0.1) is 5.82 Å². The monoisotopic (exact) mass is 630 g/mol. The van der Waals surface area contributed by atoms with Gasteiger partial charge in [0.05, 0.1) is 24.9 Å². The Morgan fingerprint density at radius 3 is 2.57 bits per heavy atom. The van der Waals surface area contributed by atoms with Gasteiger partial charge in [-0.3, -0.25) is 19.3 Å². The van der Waals surface area contributed by atoms with E-state index < -0.39 is 17.1 Å². The molecule has 3 aromatic carbocycles. The molecule has 1 aromatic heterocycles. The van der Waals surface area contributed by atoms with Gasteiger partial charge in [0.25, 0.3) is 0 Å². The molecule has 0 aliphatic carbocycles. The van der Waals surface area contributed by atoms with Gasteiger partial charge in [-0.05, 0) is 78.6 Å². The SMILES string of the molecule is O=C(Nc1ccc(C2SC(=Nc3cccc(F)c3)N(Cc3ccco3)C2=O)cc1)[C@H]1CCCN1C(=O)Cc1ccc(Cl)cc1. The Balaban J connectivity index is 1.14. The molecule has 3 heterocycles. The molecule has 1 N–H and O–H groups in total. The van der Waals surface area contributed by atoms with Crippen LogP contribution in [0.15, 0.2) is 101 Å². The Morgan fingerprint density at radius 2 is 1.84 bits per heavy atom. The van der Waals surface area contributed by atoms with Crippen molar-refractivity contribution in [3.63, 3.8) is 0 Å². The van der Waals surface area contributed by atoms with E-state index in [-0.39, 0.29) is 30.7 Å². The number of furan rings is 1. The van der Waals surface area contributed by atoms with E-state index in [1.54, 1.807) is 65.6 Å². The van der Waals surface area contributed by atoms with Crippen molar-refractivity contribution in [3.05, 3.63) is 119 Å². The topological polar surface area (TPSA) is 95.2 Å². The van der Waals surface area contributed by atoms with Crippen molar-refractivity contribution >= 4 is 57.6 Å². The number of anilines is 1. The van der Waals surface area contributed by atoms with Gasteiger partial charge in [0.2, 0.25) is 17.7 Å². The van der Waals surface area contributed by atoms with Crippen LogP contribution in [0.2, 0.25) is 5.02 Å². The lowest BCUT2D eigenvalue weighted by Crippen LogP contribution is -2.43. The molecule has 0 bridgehead atoms. The Hall–Kier alpha value is -4.41. The normalized spacial score (nSPS) is 19.1. The third kappa shape index (κ3) is 6.71. The average Bonchev–Trinajstić information content (AvgIpc) is 3.78. The summed E-state index contributed by atoms with van der Waals surface area (Å²) in [6, 6.07) is 23.0. The van der Waals surface area contributed by atoms with Crippen molar-refractivity contribution in [2.45, 2.75) is 37.1 Å². The van der Waals surface area contributed by atoms with E-state index in [1.165, 1.54) is 35.1 Å². The Bertz CT molecular complexity index is 1700. The van der Waals surface area contributed by atoms with Crippen molar-refractivity contribution in [3.8, 4) is 0 Å². The van der Waals surface area contributed by atoms with Gasteiger partial charge < -0.3 is 14.6 Å². The van der Waals surface area contributed by atoms with E-state index in [9.17, 15) is 18.8 Å². The number of likely N-dealkylation sites (tertiary alicyclic amines) is 1. The molecule has 44 heavy (non-hydrogen) atoms. The van der Waals surface area contributed by atoms with Crippen molar-refractivity contribution in [2.75, 3.05) is 11.9 Å². The number of amidine groups is 1. The summed E-state index contributed by atoms with van der Waals surface area (Å²) in [5.41, 5.74) is 2.53. The van der Waals surface area contributed by atoms with Crippen LogP contribution >= 0.6 is 23.4 Å². The fourth-order valence-corrected chi connectivity index (χ4v) is 6.59. The van der Waals surface area contributed by atoms with Gasteiger partial charge in [-0.1, -0.05) is 53.7 Å². The number of nitrogens with one attached hydrogen (secondary N) is 1. The number of nitrogens with zero attached hydrogens (tertiary/aromatic N) is 3. The fourth-order valence-electron chi connectivity index (χ4n) is 5.30. The van der Waals surface area contributed by atoms with Crippen LogP contribution in [-0.2, 0) is 27.3 Å². The van der Waals surface area contributed by atoms with E-state index in [0.29, 0.717) is 40.3 Å². The predicted molar refractivity (Wildman–Crippen MR) is 168 cm³/mol. The highest BCUT2D eigenvalue weighted by Gasteiger charge is 2.40. The smallest absolute Gasteiger partial charge is 0.247 e. The summed E-state index contributed by atoms with van der Waals surface area (Å²) in [5.74, 6) is -0.358. The number of hydrogen-bond acceptors (Lipinski definition) is 6. The van der Waals surface area contributed by atoms with Crippen molar-refractivity contribution in [1.82, 2.24) is 9.80 Å². The zero-order valence-electron chi connectivity index (χ0n) is 23.5. The largest absolute Gasteiger partial charge is 0.467 e. The van der Waals surface area contributed by atoms with Crippen molar-refractivity contribution < 1.29 is 23.2 Å². The number of thioether (sulfide) groups is 1. The molecule has 1 unspecified atom stereocenters. The standard InChI is InChI=1S/C33H28ClFN4O4S/c34-23-12-8-21(9-13-23)18-29(40)38-16-2-7-28(38)31(41)36-25-14-10-22(11-15-25)30-32(42)39(20-27-6-3-17-43-27)33(44-30)37-26-5-1-4-24(35)19-26/h1,3-6,8-15,17,19,28,30H,2,7,16,18,20H2,(H,36,41)/t28-,30?/m1/s1. The van der Waals surface area contributed by atoms with Crippen LogP contribution in [0.4, 0.5) is 15.8 Å². The van der Waals surface area contributed by atoms with E-state index >= 15 is 0 Å². The lowest BCUT2D eigenvalue weighted by molar-refractivity contribution is -0.136. The highest BCUT2D eigenvalue weighted by molar-refractivity contribution is 8.15. The zero-order valence-corrected chi connectivity index (χ0v) is 25.1. The minimum absolute atomic E-state index is 0.105. The molecular formula is C33H28ClFN4O4S. The Kier molecular flexibility index (Phi) is 8.81. The highest BCUT2D eigenvalue weighted by atomic mass is 35.5. The number of halogens is 2. The highest BCUT2D eigenvalue weighted by Crippen LogP contribution is 2.41. The van der Waals surface area contributed by atoms with Gasteiger partial charge in [0.15, 0.2) is 5.17 Å². The van der Waals surface area contributed by atoms with E-state index in [2.05, 4.69) is 10.3 Å². The molecule has 2 aliphatic heterocycles. The van der Waals surface area contributed by atoms with Gasteiger partial charge in [-0.2, -0.15) is 0 Å². The minimum Gasteiger partial charge on any atom is -0.467 e. The van der Waals surface area contributed by atoms with Gasteiger partial charge in [0.1, 0.15) is 22.9 Å². The van der Waals surface area contributed by atoms with E-state index in [4.69, 9.17) is 16.0 Å². The van der Waals surface area contributed by atoms with Crippen LogP contribution < -0.4 is 5.32 Å². The number of carbonyl (C=O) groups excluding carboxylic acids is 3. The molecular weight excluding hydrogens is 603 g/mol. The number of aliphatic imine (C=N–C) groups is 1. The molecule has 3 amide bonds. The summed E-state index contributed by atoms with van der Waals surface area (Å²) >= 11 is 7.23. The molecule has 224 valence electrons. The first-order valence-electron chi connectivity index (χ1n) is 14.1. The quantitative estimate of drug-likeness (QED) is 0.232. The summed E-state index contributed by atoms with van der Waals surface area (Å²) < 4.78 is 19.3. The molecule has 8 nitrogen and oxygen atoms in total. The van der Waals surface area contributed by atoms with E-state index in [0.717, 1.165) is 17.5 Å². The number of hydrogen-bond donors (Lipinski definition) is 1. The summed E-state index contributed by atoms with van der Waals surface area (Å²) in [4.78, 5) is 47.5. The summed E-state index contributed by atoms with van der Waals surface area (Å²) in [7, 11) is 0. The van der Waals surface area contributed by atoms with E-state index in [1.807, 2.05) is 12.1 Å². The number of rotatable bonds is 8. The molecule has 0 spiro atoms. The lowest BCUT2D eigenvalue weighted by atomic mass is 10.1.